The summed E-state index contributed by atoms with van der Waals surface area (Å²) in [5.41, 5.74) is 1.31. The number of nitrogens with zero attached hydrogens (tertiary/aromatic N) is 1. The molecular formula is C26H22ClNO7S2. The molecule has 0 aliphatic carbocycles. The molecule has 192 valence electrons. The van der Waals surface area contributed by atoms with Crippen LogP contribution in [0.15, 0.2) is 76.5 Å². The van der Waals surface area contributed by atoms with Gasteiger partial charge in [-0.1, -0.05) is 29.8 Å². The van der Waals surface area contributed by atoms with E-state index in [2.05, 4.69) is 0 Å². The van der Waals surface area contributed by atoms with Crippen molar-refractivity contribution >= 4 is 50.7 Å². The van der Waals surface area contributed by atoms with Crippen LogP contribution in [0.5, 0.6) is 17.2 Å². The minimum atomic E-state index is -4.14. The highest BCUT2D eigenvalue weighted by Gasteiger charge is 2.35. The van der Waals surface area contributed by atoms with E-state index in [1.165, 1.54) is 37.4 Å². The van der Waals surface area contributed by atoms with Gasteiger partial charge in [-0.05, 0) is 84.4 Å². The van der Waals surface area contributed by atoms with E-state index in [1.807, 2.05) is 0 Å². The molecule has 1 aliphatic rings. The van der Waals surface area contributed by atoms with Gasteiger partial charge in [0.1, 0.15) is 10.6 Å². The van der Waals surface area contributed by atoms with E-state index in [-0.39, 0.29) is 39.7 Å². The molecule has 11 heteroatoms. The van der Waals surface area contributed by atoms with Crippen molar-refractivity contribution in [3.05, 3.63) is 87.8 Å². The van der Waals surface area contributed by atoms with Crippen LogP contribution in [0.3, 0.4) is 0 Å². The first-order chi connectivity index (χ1) is 17.7. The maximum Gasteiger partial charge on any atom is 0.339 e. The van der Waals surface area contributed by atoms with E-state index in [0.717, 1.165) is 22.2 Å². The molecule has 1 aliphatic heterocycles. The molecule has 8 nitrogen and oxygen atoms in total. The summed E-state index contributed by atoms with van der Waals surface area (Å²) in [5.74, 6) is 0.251. The Morgan fingerprint density at radius 3 is 2.32 bits per heavy atom. The fourth-order valence-corrected chi connectivity index (χ4v) is 5.32. The van der Waals surface area contributed by atoms with Gasteiger partial charge in [-0.3, -0.25) is 14.5 Å². The number of carbonyl (C=O) groups is 2. The van der Waals surface area contributed by atoms with Crippen molar-refractivity contribution in [3.8, 4) is 17.2 Å². The lowest BCUT2D eigenvalue weighted by atomic mass is 10.1. The van der Waals surface area contributed by atoms with Gasteiger partial charge in [-0.25, -0.2) is 0 Å². The number of thioether (sulfide) groups is 1. The first kappa shape index (κ1) is 26.6. The van der Waals surface area contributed by atoms with Crippen molar-refractivity contribution in [2.24, 2.45) is 0 Å². The quantitative estimate of drug-likeness (QED) is 0.241. The first-order valence-corrected chi connectivity index (χ1v) is 13.7. The maximum absolute atomic E-state index is 12.9. The monoisotopic (exact) mass is 559 g/mol. The molecule has 0 saturated carbocycles. The van der Waals surface area contributed by atoms with Crippen molar-refractivity contribution < 1.29 is 31.7 Å². The van der Waals surface area contributed by atoms with E-state index in [4.69, 9.17) is 25.3 Å². The fraction of sp³-hybridized carbons (Fsp3) is 0.154. The summed E-state index contributed by atoms with van der Waals surface area (Å²) in [6.45, 7) is 2.12. The van der Waals surface area contributed by atoms with Crippen LogP contribution < -0.4 is 13.7 Å². The number of methoxy groups -OCH3 is 1. The summed E-state index contributed by atoms with van der Waals surface area (Å²) < 4.78 is 41.6. The summed E-state index contributed by atoms with van der Waals surface area (Å²) in [6, 6.07) is 17.3. The van der Waals surface area contributed by atoms with Crippen molar-refractivity contribution in [1.82, 2.24) is 4.90 Å². The third-order valence-electron chi connectivity index (χ3n) is 5.24. The summed E-state index contributed by atoms with van der Waals surface area (Å²) in [7, 11) is -2.66. The zero-order valence-electron chi connectivity index (χ0n) is 19.8. The standard InChI is InChI=1S/C26H22ClNO7S2/c1-3-34-23-14-18(6-13-22(23)35-37(31,32)21-11-9-20(33-2)10-12-21)15-24-25(29)28(26(30)36-24)16-17-4-7-19(27)8-5-17/h4-15H,3,16H2,1-2H3/b24-15-. The van der Waals surface area contributed by atoms with E-state index >= 15 is 0 Å². The molecule has 0 N–H and O–H groups in total. The molecule has 3 aromatic rings. The number of imide groups is 1. The molecule has 1 saturated heterocycles. The molecule has 0 radical (unpaired) electrons. The second-order valence-corrected chi connectivity index (χ2v) is 10.7. The Bertz CT molecular complexity index is 1450. The van der Waals surface area contributed by atoms with Gasteiger partial charge in [0.05, 0.1) is 25.2 Å². The Kier molecular flexibility index (Phi) is 8.11. The first-order valence-electron chi connectivity index (χ1n) is 11.1. The second kappa shape index (κ2) is 11.3. The van der Waals surface area contributed by atoms with Gasteiger partial charge in [-0.15, -0.1) is 0 Å². The number of hydrogen-bond donors (Lipinski definition) is 0. The third-order valence-corrected chi connectivity index (χ3v) is 7.65. The smallest absolute Gasteiger partial charge is 0.339 e. The zero-order valence-corrected chi connectivity index (χ0v) is 22.2. The molecule has 0 atom stereocenters. The van der Waals surface area contributed by atoms with Crippen molar-refractivity contribution in [2.45, 2.75) is 18.4 Å². The Morgan fingerprint density at radius 1 is 0.973 bits per heavy atom. The van der Waals surface area contributed by atoms with Crippen LogP contribution in [0.25, 0.3) is 6.08 Å². The highest BCUT2D eigenvalue weighted by Crippen LogP contribution is 2.36. The molecule has 1 fully saturated rings. The van der Waals surface area contributed by atoms with Crippen molar-refractivity contribution in [2.75, 3.05) is 13.7 Å². The minimum absolute atomic E-state index is 0.00865. The number of benzene rings is 3. The molecule has 0 bridgehead atoms. The van der Waals surface area contributed by atoms with Gasteiger partial charge in [0.2, 0.25) is 0 Å². The van der Waals surface area contributed by atoms with Gasteiger partial charge in [0.15, 0.2) is 11.5 Å². The largest absolute Gasteiger partial charge is 0.497 e. The van der Waals surface area contributed by atoms with Gasteiger partial charge in [0, 0.05) is 5.02 Å². The highest BCUT2D eigenvalue weighted by molar-refractivity contribution is 8.18. The summed E-state index contributed by atoms with van der Waals surface area (Å²) in [6.07, 6.45) is 1.55. The predicted molar refractivity (Wildman–Crippen MR) is 141 cm³/mol. The molecule has 2 amide bonds. The van der Waals surface area contributed by atoms with Gasteiger partial charge >= 0.3 is 10.1 Å². The number of halogens is 1. The Hall–Kier alpha value is -3.47. The summed E-state index contributed by atoms with van der Waals surface area (Å²) in [5, 5.41) is 0.175. The summed E-state index contributed by atoms with van der Waals surface area (Å²) in [4.78, 5) is 26.7. The summed E-state index contributed by atoms with van der Waals surface area (Å²) >= 11 is 6.73. The lowest BCUT2D eigenvalue weighted by Gasteiger charge is -2.13. The highest BCUT2D eigenvalue weighted by atomic mass is 35.5. The van der Waals surface area contributed by atoms with Crippen LogP contribution in [0.2, 0.25) is 5.02 Å². The van der Waals surface area contributed by atoms with Crippen LogP contribution in [0.1, 0.15) is 18.1 Å². The maximum atomic E-state index is 12.9. The average Bonchev–Trinajstić information content (AvgIpc) is 3.14. The van der Waals surface area contributed by atoms with Crippen molar-refractivity contribution in [3.63, 3.8) is 0 Å². The van der Waals surface area contributed by atoms with E-state index in [9.17, 15) is 18.0 Å². The van der Waals surface area contributed by atoms with E-state index in [1.54, 1.807) is 49.4 Å². The Balaban J connectivity index is 1.55. The van der Waals surface area contributed by atoms with Crippen molar-refractivity contribution in [1.29, 1.82) is 0 Å². The SMILES string of the molecule is CCOc1cc(/C=C2\SC(=O)N(Cc3ccc(Cl)cc3)C2=O)ccc1OS(=O)(=O)c1ccc(OC)cc1. The topological polar surface area (TPSA) is 99.2 Å². The third kappa shape index (κ3) is 6.27. The fourth-order valence-electron chi connectivity index (χ4n) is 3.42. The average molecular weight is 560 g/mol. The second-order valence-electron chi connectivity index (χ2n) is 7.75. The molecule has 0 aromatic heterocycles. The Labute approximate surface area is 223 Å². The van der Waals surface area contributed by atoms with Crippen LogP contribution >= 0.6 is 23.4 Å². The molecule has 0 unspecified atom stereocenters. The normalized spacial score (nSPS) is 14.8. The lowest BCUT2D eigenvalue weighted by molar-refractivity contribution is -0.123. The predicted octanol–water partition coefficient (Wildman–Crippen LogP) is 5.75. The number of rotatable bonds is 9. The number of ether oxygens (including phenoxy) is 2. The molecule has 0 spiro atoms. The molecule has 4 rings (SSSR count). The lowest BCUT2D eigenvalue weighted by Crippen LogP contribution is -2.27. The molecule has 3 aromatic carbocycles. The van der Waals surface area contributed by atoms with Gasteiger partial charge < -0.3 is 13.7 Å². The van der Waals surface area contributed by atoms with E-state index < -0.39 is 16.0 Å². The minimum Gasteiger partial charge on any atom is -0.497 e. The number of carbonyl (C=O) groups excluding carboxylic acids is 2. The van der Waals surface area contributed by atoms with Crippen LogP contribution in [0, 0.1) is 0 Å². The molecular weight excluding hydrogens is 538 g/mol. The van der Waals surface area contributed by atoms with Gasteiger partial charge in [0.25, 0.3) is 11.1 Å². The van der Waals surface area contributed by atoms with Gasteiger partial charge in [-0.2, -0.15) is 8.42 Å². The number of amides is 2. The molecule has 1 heterocycles. The molecule has 37 heavy (non-hydrogen) atoms. The number of hydrogen-bond acceptors (Lipinski definition) is 8. The Morgan fingerprint density at radius 2 is 1.68 bits per heavy atom. The van der Waals surface area contributed by atoms with E-state index in [0.29, 0.717) is 16.3 Å². The van der Waals surface area contributed by atoms with Crippen LogP contribution in [-0.4, -0.2) is 38.2 Å². The van der Waals surface area contributed by atoms with Crippen LogP contribution in [0.4, 0.5) is 4.79 Å². The zero-order chi connectivity index (χ0) is 26.6. The van der Waals surface area contributed by atoms with Crippen LogP contribution in [-0.2, 0) is 21.5 Å².